The molecule has 0 aliphatic rings. The molecular formula is C12H20O2. The molecular weight excluding hydrogens is 176 g/mol. The van der Waals surface area contributed by atoms with Gasteiger partial charge in [0.2, 0.25) is 0 Å². The van der Waals surface area contributed by atoms with E-state index in [1.54, 1.807) is 6.92 Å². The molecule has 0 rings (SSSR count). The largest absolute Gasteiger partial charge is 0.462 e. The lowest BCUT2D eigenvalue weighted by molar-refractivity contribution is -0.139. The Morgan fingerprint density at radius 2 is 2.21 bits per heavy atom. The minimum atomic E-state index is -0.293. The molecule has 2 nitrogen and oxygen atoms in total. The third kappa shape index (κ3) is 5.57. The second kappa shape index (κ2) is 7.36. The molecule has 0 radical (unpaired) electrons. The lowest BCUT2D eigenvalue weighted by Crippen LogP contribution is -2.09. The summed E-state index contributed by atoms with van der Waals surface area (Å²) >= 11 is 0. The minimum Gasteiger partial charge on any atom is -0.462 e. The maximum absolute atomic E-state index is 11.0. The standard InChI is InChI=1S/C12H20O2/c1-5-7-11(6-2)8-9-14-12(13)10(3)4/h5,11H,1,3,6-9H2,2,4H3. The second-order valence-electron chi connectivity index (χ2n) is 3.50. The highest BCUT2D eigenvalue weighted by atomic mass is 16.5. The fourth-order valence-electron chi connectivity index (χ4n) is 1.17. The Hall–Kier alpha value is -1.05. The molecule has 0 saturated carbocycles. The summed E-state index contributed by atoms with van der Waals surface area (Å²) < 4.78 is 5.01. The Bertz CT molecular complexity index is 206. The number of allylic oxidation sites excluding steroid dienone is 1. The van der Waals surface area contributed by atoms with E-state index in [9.17, 15) is 4.79 Å². The normalized spacial score (nSPS) is 11.9. The number of ether oxygens (including phenoxy) is 1. The number of rotatable bonds is 7. The Morgan fingerprint density at radius 3 is 2.64 bits per heavy atom. The van der Waals surface area contributed by atoms with E-state index in [0.717, 1.165) is 19.3 Å². The van der Waals surface area contributed by atoms with E-state index >= 15 is 0 Å². The topological polar surface area (TPSA) is 26.3 Å². The summed E-state index contributed by atoms with van der Waals surface area (Å²) in [5, 5.41) is 0. The molecule has 0 bridgehead atoms. The summed E-state index contributed by atoms with van der Waals surface area (Å²) in [4.78, 5) is 11.0. The summed E-state index contributed by atoms with van der Waals surface area (Å²) in [7, 11) is 0. The summed E-state index contributed by atoms with van der Waals surface area (Å²) in [5.74, 6) is 0.281. The van der Waals surface area contributed by atoms with Crippen LogP contribution in [0.1, 0.15) is 33.1 Å². The molecule has 0 aromatic heterocycles. The van der Waals surface area contributed by atoms with Gasteiger partial charge in [-0.1, -0.05) is 26.0 Å². The fourth-order valence-corrected chi connectivity index (χ4v) is 1.17. The van der Waals surface area contributed by atoms with Gasteiger partial charge in [-0.25, -0.2) is 4.79 Å². The van der Waals surface area contributed by atoms with Gasteiger partial charge in [0.05, 0.1) is 6.61 Å². The van der Waals surface area contributed by atoms with Crippen molar-refractivity contribution in [2.75, 3.05) is 6.61 Å². The van der Waals surface area contributed by atoms with Crippen molar-refractivity contribution < 1.29 is 9.53 Å². The highest BCUT2D eigenvalue weighted by molar-refractivity contribution is 5.86. The van der Waals surface area contributed by atoms with Crippen molar-refractivity contribution in [1.82, 2.24) is 0 Å². The van der Waals surface area contributed by atoms with Gasteiger partial charge in [-0.05, 0) is 25.7 Å². The van der Waals surface area contributed by atoms with Crippen LogP contribution in [0.25, 0.3) is 0 Å². The minimum absolute atomic E-state index is 0.293. The van der Waals surface area contributed by atoms with Crippen LogP contribution in [-0.2, 0) is 9.53 Å². The van der Waals surface area contributed by atoms with Gasteiger partial charge < -0.3 is 4.74 Å². The summed E-state index contributed by atoms with van der Waals surface area (Å²) in [6.07, 6.45) is 4.90. The molecule has 0 saturated heterocycles. The quantitative estimate of drug-likeness (QED) is 0.355. The lowest BCUT2D eigenvalue weighted by atomic mass is 9.99. The molecule has 0 aromatic rings. The summed E-state index contributed by atoms with van der Waals surface area (Å²) in [5.41, 5.74) is 0.460. The van der Waals surface area contributed by atoms with Crippen molar-refractivity contribution in [3.8, 4) is 0 Å². The van der Waals surface area contributed by atoms with Crippen LogP contribution in [0.2, 0.25) is 0 Å². The van der Waals surface area contributed by atoms with Crippen LogP contribution in [0, 0.1) is 5.92 Å². The van der Waals surface area contributed by atoms with Crippen molar-refractivity contribution in [2.45, 2.75) is 33.1 Å². The number of carbonyl (C=O) groups is 1. The zero-order valence-corrected chi connectivity index (χ0v) is 9.21. The maximum atomic E-state index is 11.0. The zero-order valence-electron chi connectivity index (χ0n) is 9.21. The van der Waals surface area contributed by atoms with Gasteiger partial charge in [-0.15, -0.1) is 6.58 Å². The third-order valence-electron chi connectivity index (χ3n) is 2.19. The molecule has 0 aliphatic heterocycles. The average molecular weight is 196 g/mol. The average Bonchev–Trinajstić information content (AvgIpc) is 2.16. The van der Waals surface area contributed by atoms with Gasteiger partial charge >= 0.3 is 5.97 Å². The van der Waals surface area contributed by atoms with E-state index in [1.165, 1.54) is 0 Å². The molecule has 0 fully saturated rings. The molecule has 0 aromatic carbocycles. The van der Waals surface area contributed by atoms with E-state index in [2.05, 4.69) is 20.1 Å². The van der Waals surface area contributed by atoms with Crippen molar-refractivity contribution in [1.29, 1.82) is 0 Å². The summed E-state index contributed by atoms with van der Waals surface area (Å²) in [6.45, 7) is 11.5. The molecule has 1 atom stereocenters. The molecule has 14 heavy (non-hydrogen) atoms. The highest BCUT2D eigenvalue weighted by Gasteiger charge is 2.07. The molecule has 0 aliphatic carbocycles. The zero-order chi connectivity index (χ0) is 11.0. The SMILES string of the molecule is C=CCC(CC)CCOC(=O)C(=C)C. The summed E-state index contributed by atoms with van der Waals surface area (Å²) in [6, 6.07) is 0. The van der Waals surface area contributed by atoms with Crippen LogP contribution in [0.3, 0.4) is 0 Å². The van der Waals surface area contributed by atoms with Gasteiger partial charge in [0, 0.05) is 5.57 Å². The molecule has 0 N–H and O–H groups in total. The van der Waals surface area contributed by atoms with Crippen molar-refractivity contribution in [3.63, 3.8) is 0 Å². The molecule has 0 spiro atoms. The molecule has 2 heteroatoms. The van der Waals surface area contributed by atoms with Gasteiger partial charge in [-0.3, -0.25) is 0 Å². The van der Waals surface area contributed by atoms with Gasteiger partial charge in [0.25, 0.3) is 0 Å². The van der Waals surface area contributed by atoms with Crippen molar-refractivity contribution in [3.05, 3.63) is 24.8 Å². The smallest absolute Gasteiger partial charge is 0.333 e. The maximum Gasteiger partial charge on any atom is 0.333 e. The molecule has 0 amide bonds. The second-order valence-corrected chi connectivity index (χ2v) is 3.50. The van der Waals surface area contributed by atoms with Crippen LogP contribution in [0.15, 0.2) is 24.8 Å². The molecule has 1 unspecified atom stereocenters. The van der Waals surface area contributed by atoms with Crippen LogP contribution in [0.4, 0.5) is 0 Å². The Morgan fingerprint density at radius 1 is 1.57 bits per heavy atom. The first-order chi connectivity index (χ1) is 6.61. The Kier molecular flexibility index (Phi) is 6.81. The third-order valence-corrected chi connectivity index (χ3v) is 2.19. The monoisotopic (exact) mass is 196 g/mol. The van der Waals surface area contributed by atoms with Crippen LogP contribution in [-0.4, -0.2) is 12.6 Å². The van der Waals surface area contributed by atoms with E-state index in [1.807, 2.05) is 6.08 Å². The Balaban J connectivity index is 3.65. The van der Waals surface area contributed by atoms with Crippen molar-refractivity contribution in [2.24, 2.45) is 5.92 Å². The number of hydrogen-bond acceptors (Lipinski definition) is 2. The fraction of sp³-hybridized carbons (Fsp3) is 0.583. The number of carbonyl (C=O) groups excluding carboxylic acids is 1. The number of hydrogen-bond donors (Lipinski definition) is 0. The first-order valence-electron chi connectivity index (χ1n) is 5.05. The Labute approximate surface area is 86.6 Å². The van der Waals surface area contributed by atoms with Crippen LogP contribution < -0.4 is 0 Å². The van der Waals surface area contributed by atoms with Gasteiger partial charge in [-0.2, -0.15) is 0 Å². The number of esters is 1. The van der Waals surface area contributed by atoms with E-state index in [0.29, 0.717) is 18.1 Å². The highest BCUT2D eigenvalue weighted by Crippen LogP contribution is 2.13. The van der Waals surface area contributed by atoms with Crippen LogP contribution in [0.5, 0.6) is 0 Å². The molecule has 80 valence electrons. The lowest BCUT2D eigenvalue weighted by Gasteiger charge is -2.12. The molecule has 0 heterocycles. The van der Waals surface area contributed by atoms with Gasteiger partial charge in [0.15, 0.2) is 0 Å². The van der Waals surface area contributed by atoms with Crippen LogP contribution >= 0.6 is 0 Å². The predicted molar refractivity (Wildman–Crippen MR) is 59.0 cm³/mol. The first-order valence-corrected chi connectivity index (χ1v) is 5.05. The van der Waals surface area contributed by atoms with Gasteiger partial charge in [0.1, 0.15) is 0 Å². The predicted octanol–water partition coefficient (Wildman–Crippen LogP) is 3.10. The van der Waals surface area contributed by atoms with E-state index in [-0.39, 0.29) is 5.97 Å². The van der Waals surface area contributed by atoms with E-state index < -0.39 is 0 Å². The first kappa shape index (κ1) is 12.9. The van der Waals surface area contributed by atoms with E-state index in [4.69, 9.17) is 4.74 Å². The van der Waals surface area contributed by atoms with Crippen molar-refractivity contribution >= 4 is 5.97 Å².